The maximum atomic E-state index is 13.0. The lowest BCUT2D eigenvalue weighted by molar-refractivity contribution is -0.384. The summed E-state index contributed by atoms with van der Waals surface area (Å²) in [5.41, 5.74) is -0.376. The van der Waals surface area contributed by atoms with Crippen LogP contribution in [0.4, 0.5) is 15.8 Å². The van der Waals surface area contributed by atoms with Gasteiger partial charge in [-0.05, 0) is 31.4 Å². The van der Waals surface area contributed by atoms with E-state index in [-0.39, 0.29) is 23.6 Å². The Morgan fingerprint density at radius 3 is 2.85 bits per heavy atom. The summed E-state index contributed by atoms with van der Waals surface area (Å²) < 4.78 is 13.0. The second-order valence-electron chi connectivity index (χ2n) is 5.30. The molecule has 2 bridgehead atoms. The van der Waals surface area contributed by atoms with Gasteiger partial charge in [0.1, 0.15) is 11.5 Å². The smallest absolute Gasteiger partial charge is 0.295 e. The van der Waals surface area contributed by atoms with Crippen molar-refractivity contribution in [1.29, 1.82) is 0 Å². The summed E-state index contributed by atoms with van der Waals surface area (Å²) in [4.78, 5) is 22.4. The molecular weight excluding hydrogens is 265 g/mol. The van der Waals surface area contributed by atoms with Gasteiger partial charge in [-0.1, -0.05) is 0 Å². The van der Waals surface area contributed by atoms with Gasteiger partial charge < -0.3 is 10.6 Å². The van der Waals surface area contributed by atoms with E-state index in [9.17, 15) is 19.3 Å². The van der Waals surface area contributed by atoms with Gasteiger partial charge in [-0.2, -0.15) is 0 Å². The summed E-state index contributed by atoms with van der Waals surface area (Å²) in [7, 11) is 0. The van der Waals surface area contributed by atoms with Crippen molar-refractivity contribution in [2.45, 2.75) is 31.3 Å². The van der Waals surface area contributed by atoms with Crippen LogP contribution in [0.1, 0.15) is 19.3 Å². The molecule has 0 aliphatic carbocycles. The zero-order valence-electron chi connectivity index (χ0n) is 10.6. The third-order valence-electron chi connectivity index (χ3n) is 4.05. The van der Waals surface area contributed by atoms with Crippen LogP contribution in [0.3, 0.4) is 0 Å². The molecule has 0 radical (unpaired) electrons. The Labute approximate surface area is 114 Å². The molecule has 3 rings (SSSR count). The van der Waals surface area contributed by atoms with E-state index < -0.39 is 16.4 Å². The van der Waals surface area contributed by atoms with Crippen LogP contribution in [0, 0.1) is 21.8 Å². The summed E-state index contributed by atoms with van der Waals surface area (Å²) in [5.74, 6) is -1.10. The minimum absolute atomic E-state index is 0.0455. The lowest BCUT2D eigenvalue weighted by atomic mass is 9.88. The van der Waals surface area contributed by atoms with Crippen molar-refractivity contribution in [3.05, 3.63) is 34.1 Å². The normalized spacial score (nSPS) is 27.6. The molecule has 1 amide bonds. The first-order valence-corrected chi connectivity index (χ1v) is 6.55. The molecule has 3 unspecified atom stereocenters. The molecular formula is C13H14FN3O3. The van der Waals surface area contributed by atoms with Crippen molar-refractivity contribution in [3.8, 4) is 0 Å². The molecule has 2 aliphatic heterocycles. The minimum Gasteiger partial charge on any atom is -0.320 e. The zero-order valence-corrected chi connectivity index (χ0v) is 10.6. The van der Waals surface area contributed by atoms with E-state index in [1.807, 2.05) is 0 Å². The SMILES string of the molecule is O=C(Nc1ccc(F)cc1[N+](=O)[O-])C1CC2CCC1N2. The van der Waals surface area contributed by atoms with Gasteiger partial charge in [-0.15, -0.1) is 0 Å². The Balaban J connectivity index is 1.78. The molecule has 2 fully saturated rings. The lowest BCUT2D eigenvalue weighted by Crippen LogP contribution is -2.33. The van der Waals surface area contributed by atoms with E-state index in [4.69, 9.17) is 0 Å². The van der Waals surface area contributed by atoms with Crippen molar-refractivity contribution >= 4 is 17.3 Å². The molecule has 3 atom stereocenters. The highest BCUT2D eigenvalue weighted by molar-refractivity contribution is 5.95. The Bertz CT molecular complexity index is 578. The van der Waals surface area contributed by atoms with Crippen LogP contribution in [0.15, 0.2) is 18.2 Å². The number of amides is 1. The van der Waals surface area contributed by atoms with Crippen LogP contribution in [-0.4, -0.2) is 22.9 Å². The van der Waals surface area contributed by atoms with Gasteiger partial charge >= 0.3 is 0 Å². The van der Waals surface area contributed by atoms with Crippen LogP contribution < -0.4 is 10.6 Å². The number of nitro groups is 1. The number of hydrogen-bond acceptors (Lipinski definition) is 4. The van der Waals surface area contributed by atoms with Gasteiger partial charge in [0.2, 0.25) is 5.91 Å². The number of fused-ring (bicyclic) bond motifs is 2. The third-order valence-corrected chi connectivity index (χ3v) is 4.05. The number of hydrogen-bond donors (Lipinski definition) is 2. The van der Waals surface area contributed by atoms with E-state index in [1.54, 1.807) is 0 Å². The number of halogens is 1. The van der Waals surface area contributed by atoms with Gasteiger partial charge in [-0.3, -0.25) is 14.9 Å². The number of carbonyl (C=O) groups excluding carboxylic acids is 1. The summed E-state index contributed by atoms with van der Waals surface area (Å²) in [5, 5.41) is 16.8. The number of nitrogens with one attached hydrogen (secondary N) is 2. The Morgan fingerprint density at radius 2 is 2.25 bits per heavy atom. The van der Waals surface area contributed by atoms with Gasteiger partial charge in [-0.25, -0.2) is 4.39 Å². The van der Waals surface area contributed by atoms with Crippen molar-refractivity contribution < 1.29 is 14.1 Å². The molecule has 2 N–H and O–H groups in total. The molecule has 106 valence electrons. The molecule has 20 heavy (non-hydrogen) atoms. The van der Waals surface area contributed by atoms with Crippen LogP contribution in [0.2, 0.25) is 0 Å². The molecule has 7 heteroatoms. The van der Waals surface area contributed by atoms with Crippen molar-refractivity contribution in [1.82, 2.24) is 5.32 Å². The Hall–Kier alpha value is -2.02. The maximum Gasteiger partial charge on any atom is 0.295 e. The maximum absolute atomic E-state index is 13.0. The molecule has 0 aromatic heterocycles. The molecule has 2 heterocycles. The number of carbonyl (C=O) groups is 1. The molecule has 0 saturated carbocycles. The number of rotatable bonds is 3. The minimum atomic E-state index is -0.698. The highest BCUT2D eigenvalue weighted by Gasteiger charge is 2.43. The Morgan fingerprint density at radius 1 is 1.45 bits per heavy atom. The standard InChI is InChI=1S/C13H14FN3O3/c14-7-1-3-11(12(5-7)17(19)20)16-13(18)9-6-8-2-4-10(9)15-8/h1,3,5,8-10,15H,2,4,6H2,(H,16,18). The first kappa shape index (κ1) is 13.0. The number of benzene rings is 1. The van der Waals surface area contributed by atoms with Gasteiger partial charge in [0.15, 0.2) is 0 Å². The number of nitrogens with zero attached hydrogens (tertiary/aromatic N) is 1. The predicted molar refractivity (Wildman–Crippen MR) is 69.7 cm³/mol. The van der Waals surface area contributed by atoms with Crippen LogP contribution >= 0.6 is 0 Å². The summed E-state index contributed by atoms with van der Waals surface area (Å²) in [6.45, 7) is 0. The van der Waals surface area contributed by atoms with Gasteiger partial charge in [0.25, 0.3) is 5.69 Å². The fraction of sp³-hybridized carbons (Fsp3) is 0.462. The molecule has 1 aromatic rings. The largest absolute Gasteiger partial charge is 0.320 e. The average Bonchev–Trinajstić information content (AvgIpc) is 3.03. The molecule has 0 spiro atoms. The molecule has 1 aromatic carbocycles. The fourth-order valence-corrected chi connectivity index (χ4v) is 3.10. The topological polar surface area (TPSA) is 84.3 Å². The van der Waals surface area contributed by atoms with E-state index in [2.05, 4.69) is 10.6 Å². The quantitative estimate of drug-likeness (QED) is 0.653. The van der Waals surface area contributed by atoms with E-state index in [0.29, 0.717) is 6.04 Å². The van der Waals surface area contributed by atoms with Crippen LogP contribution in [0.5, 0.6) is 0 Å². The number of anilines is 1. The average molecular weight is 279 g/mol. The van der Waals surface area contributed by atoms with Crippen LogP contribution in [-0.2, 0) is 4.79 Å². The van der Waals surface area contributed by atoms with Gasteiger partial charge in [0.05, 0.1) is 16.9 Å². The summed E-state index contributed by atoms with van der Waals surface area (Å²) >= 11 is 0. The predicted octanol–water partition coefficient (Wildman–Crippen LogP) is 1.81. The second kappa shape index (κ2) is 4.82. The van der Waals surface area contributed by atoms with Crippen molar-refractivity contribution in [3.63, 3.8) is 0 Å². The van der Waals surface area contributed by atoms with Crippen molar-refractivity contribution in [2.75, 3.05) is 5.32 Å². The Kier molecular flexibility index (Phi) is 3.13. The summed E-state index contributed by atoms with van der Waals surface area (Å²) in [6.07, 6.45) is 2.78. The third kappa shape index (κ3) is 2.24. The highest BCUT2D eigenvalue weighted by atomic mass is 19.1. The molecule has 2 aliphatic rings. The lowest BCUT2D eigenvalue weighted by Gasteiger charge is -2.19. The molecule has 2 saturated heterocycles. The zero-order chi connectivity index (χ0) is 14.3. The first-order chi connectivity index (χ1) is 9.54. The van der Waals surface area contributed by atoms with Crippen molar-refractivity contribution in [2.24, 2.45) is 5.92 Å². The molecule has 6 nitrogen and oxygen atoms in total. The van der Waals surface area contributed by atoms with E-state index >= 15 is 0 Å². The van der Waals surface area contributed by atoms with E-state index in [0.717, 1.165) is 31.4 Å². The first-order valence-electron chi connectivity index (χ1n) is 6.55. The monoisotopic (exact) mass is 279 g/mol. The summed E-state index contributed by atoms with van der Waals surface area (Å²) in [6, 6.07) is 3.67. The highest BCUT2D eigenvalue weighted by Crippen LogP contribution is 2.34. The number of nitro benzene ring substituents is 1. The van der Waals surface area contributed by atoms with Gasteiger partial charge in [0, 0.05) is 12.1 Å². The second-order valence-corrected chi connectivity index (χ2v) is 5.30. The van der Waals surface area contributed by atoms with E-state index in [1.165, 1.54) is 6.07 Å². The fourth-order valence-electron chi connectivity index (χ4n) is 3.10. The van der Waals surface area contributed by atoms with Crippen LogP contribution in [0.25, 0.3) is 0 Å².